The van der Waals surface area contributed by atoms with Gasteiger partial charge in [-0.1, -0.05) is 6.07 Å². The molecule has 0 unspecified atom stereocenters. The Morgan fingerprint density at radius 3 is 2.85 bits per heavy atom. The lowest BCUT2D eigenvalue weighted by Crippen LogP contribution is -2.31. The molecule has 2 aliphatic rings. The summed E-state index contributed by atoms with van der Waals surface area (Å²) in [7, 11) is 0. The van der Waals surface area contributed by atoms with Gasteiger partial charge < -0.3 is 10.1 Å². The molecule has 0 spiro atoms. The number of nitrogens with one attached hydrogen (secondary N) is 1. The maximum atomic E-state index is 5.95. The van der Waals surface area contributed by atoms with Crippen molar-refractivity contribution in [1.29, 1.82) is 0 Å². The van der Waals surface area contributed by atoms with Crippen LogP contribution in [0.15, 0.2) is 18.2 Å². The molecular weight excluding hydrogens is 248 g/mol. The number of hydrogen-bond acceptors (Lipinski definition) is 3. The predicted octanol–water partition coefficient (Wildman–Crippen LogP) is 2.24. The van der Waals surface area contributed by atoms with E-state index in [-0.39, 0.29) is 0 Å². The van der Waals surface area contributed by atoms with Crippen molar-refractivity contribution in [2.45, 2.75) is 32.1 Å². The number of hydrogen-bond donors (Lipinski definition) is 1. The van der Waals surface area contributed by atoms with E-state index in [9.17, 15) is 0 Å². The fraction of sp³-hybridized carbons (Fsp3) is 0.647. The van der Waals surface area contributed by atoms with Crippen LogP contribution in [0.25, 0.3) is 0 Å². The minimum absolute atomic E-state index is 0.804. The summed E-state index contributed by atoms with van der Waals surface area (Å²) in [5.41, 5.74) is 3.04. The van der Waals surface area contributed by atoms with Crippen LogP contribution in [-0.4, -0.2) is 44.2 Å². The molecule has 1 heterocycles. The normalized spacial score (nSPS) is 20.2. The molecule has 3 heteroatoms. The maximum Gasteiger partial charge on any atom is 0.119 e. The zero-order valence-corrected chi connectivity index (χ0v) is 12.4. The fourth-order valence-corrected chi connectivity index (χ4v) is 3.22. The first-order chi connectivity index (χ1) is 9.92. The number of benzene rings is 1. The summed E-state index contributed by atoms with van der Waals surface area (Å²) < 4.78 is 5.95. The molecule has 110 valence electrons. The van der Waals surface area contributed by atoms with Gasteiger partial charge in [-0.15, -0.1) is 0 Å². The lowest BCUT2D eigenvalue weighted by Gasteiger charge is -2.20. The van der Waals surface area contributed by atoms with E-state index < -0.39 is 0 Å². The van der Waals surface area contributed by atoms with Crippen LogP contribution in [0.3, 0.4) is 0 Å². The smallest absolute Gasteiger partial charge is 0.119 e. The molecule has 1 aliphatic carbocycles. The van der Waals surface area contributed by atoms with Crippen LogP contribution in [-0.2, 0) is 12.8 Å². The van der Waals surface area contributed by atoms with Gasteiger partial charge in [-0.05, 0) is 68.5 Å². The van der Waals surface area contributed by atoms with Crippen molar-refractivity contribution >= 4 is 0 Å². The SMILES string of the molecule is c1cc2c(cc1OCCN1CCCNCC1)CCCC2. The average molecular weight is 274 g/mol. The van der Waals surface area contributed by atoms with E-state index in [0.717, 1.165) is 38.5 Å². The second-order valence-electron chi connectivity index (χ2n) is 5.93. The van der Waals surface area contributed by atoms with Crippen molar-refractivity contribution in [1.82, 2.24) is 10.2 Å². The summed E-state index contributed by atoms with van der Waals surface area (Å²) in [6.07, 6.45) is 6.40. The molecule has 20 heavy (non-hydrogen) atoms. The third-order valence-corrected chi connectivity index (χ3v) is 4.43. The minimum atomic E-state index is 0.804. The highest BCUT2D eigenvalue weighted by molar-refractivity contribution is 5.37. The quantitative estimate of drug-likeness (QED) is 0.911. The first-order valence-corrected chi connectivity index (χ1v) is 8.09. The Kier molecular flexibility index (Phi) is 4.93. The summed E-state index contributed by atoms with van der Waals surface area (Å²) in [4.78, 5) is 2.50. The maximum absolute atomic E-state index is 5.95. The first-order valence-electron chi connectivity index (χ1n) is 8.09. The van der Waals surface area contributed by atoms with E-state index in [1.165, 1.54) is 49.8 Å². The van der Waals surface area contributed by atoms with Crippen molar-refractivity contribution in [3.05, 3.63) is 29.3 Å². The Morgan fingerprint density at radius 1 is 1.00 bits per heavy atom. The molecule has 1 saturated heterocycles. The third kappa shape index (κ3) is 3.74. The zero-order chi connectivity index (χ0) is 13.6. The molecule has 1 fully saturated rings. The van der Waals surface area contributed by atoms with Crippen molar-refractivity contribution in [3.8, 4) is 5.75 Å². The van der Waals surface area contributed by atoms with Crippen LogP contribution in [0.2, 0.25) is 0 Å². The van der Waals surface area contributed by atoms with E-state index in [1.807, 2.05) is 0 Å². The summed E-state index contributed by atoms with van der Waals surface area (Å²) in [5.74, 6) is 1.05. The molecule has 1 N–H and O–H groups in total. The van der Waals surface area contributed by atoms with Crippen LogP contribution >= 0.6 is 0 Å². The summed E-state index contributed by atoms with van der Waals surface area (Å²) >= 11 is 0. The van der Waals surface area contributed by atoms with E-state index in [1.54, 1.807) is 0 Å². The van der Waals surface area contributed by atoms with Gasteiger partial charge in [0.2, 0.25) is 0 Å². The van der Waals surface area contributed by atoms with Gasteiger partial charge in [0.25, 0.3) is 0 Å². The van der Waals surface area contributed by atoms with Gasteiger partial charge in [0, 0.05) is 19.6 Å². The number of nitrogens with zero attached hydrogens (tertiary/aromatic N) is 1. The molecule has 0 aromatic heterocycles. The first kappa shape index (κ1) is 13.9. The van der Waals surface area contributed by atoms with Gasteiger partial charge in [-0.25, -0.2) is 0 Å². The van der Waals surface area contributed by atoms with Gasteiger partial charge in [0.05, 0.1) is 0 Å². The van der Waals surface area contributed by atoms with Gasteiger partial charge >= 0.3 is 0 Å². The Labute approximate surface area is 122 Å². The number of rotatable bonds is 4. The second kappa shape index (κ2) is 7.09. The van der Waals surface area contributed by atoms with Gasteiger partial charge in [-0.2, -0.15) is 0 Å². The molecule has 3 rings (SSSR count). The molecule has 3 nitrogen and oxygen atoms in total. The Bertz CT molecular complexity index is 425. The standard InChI is InChI=1S/C17H26N2O/c1-2-5-16-14-17(7-6-15(16)4-1)20-13-12-19-10-3-8-18-9-11-19/h6-7,14,18H,1-5,8-13H2. The summed E-state index contributed by atoms with van der Waals surface area (Å²) in [6, 6.07) is 6.67. The largest absolute Gasteiger partial charge is 0.492 e. The van der Waals surface area contributed by atoms with Crippen molar-refractivity contribution in [2.24, 2.45) is 0 Å². The lowest BCUT2D eigenvalue weighted by atomic mass is 9.92. The highest BCUT2D eigenvalue weighted by atomic mass is 16.5. The van der Waals surface area contributed by atoms with E-state index in [0.29, 0.717) is 0 Å². The second-order valence-corrected chi connectivity index (χ2v) is 5.93. The predicted molar refractivity (Wildman–Crippen MR) is 82.5 cm³/mol. The van der Waals surface area contributed by atoms with E-state index >= 15 is 0 Å². The Morgan fingerprint density at radius 2 is 1.90 bits per heavy atom. The highest BCUT2D eigenvalue weighted by Crippen LogP contribution is 2.25. The van der Waals surface area contributed by atoms with Crippen LogP contribution in [0.4, 0.5) is 0 Å². The fourth-order valence-electron chi connectivity index (χ4n) is 3.22. The van der Waals surface area contributed by atoms with Gasteiger partial charge in [0.1, 0.15) is 12.4 Å². The van der Waals surface area contributed by atoms with E-state index in [4.69, 9.17) is 4.74 Å². The minimum Gasteiger partial charge on any atom is -0.492 e. The molecule has 0 radical (unpaired) electrons. The number of fused-ring (bicyclic) bond motifs is 1. The average Bonchev–Trinajstić information content (AvgIpc) is 2.76. The van der Waals surface area contributed by atoms with Crippen LogP contribution in [0.1, 0.15) is 30.4 Å². The molecule has 0 bridgehead atoms. The molecule has 1 aromatic rings. The van der Waals surface area contributed by atoms with Gasteiger partial charge in [0.15, 0.2) is 0 Å². The van der Waals surface area contributed by atoms with Gasteiger partial charge in [-0.3, -0.25) is 4.90 Å². The topological polar surface area (TPSA) is 24.5 Å². The van der Waals surface area contributed by atoms with Crippen LogP contribution < -0.4 is 10.1 Å². The molecular formula is C17H26N2O. The number of aryl methyl sites for hydroxylation is 2. The Balaban J connectivity index is 1.48. The number of ether oxygens (including phenoxy) is 1. The van der Waals surface area contributed by atoms with Crippen LogP contribution in [0.5, 0.6) is 5.75 Å². The van der Waals surface area contributed by atoms with Crippen LogP contribution in [0, 0.1) is 0 Å². The van der Waals surface area contributed by atoms with Crippen molar-refractivity contribution in [3.63, 3.8) is 0 Å². The molecule has 0 amide bonds. The van der Waals surface area contributed by atoms with E-state index in [2.05, 4.69) is 28.4 Å². The Hall–Kier alpha value is -1.06. The molecule has 0 atom stereocenters. The zero-order valence-electron chi connectivity index (χ0n) is 12.4. The van der Waals surface area contributed by atoms with Crippen molar-refractivity contribution < 1.29 is 4.74 Å². The molecule has 0 saturated carbocycles. The third-order valence-electron chi connectivity index (χ3n) is 4.43. The summed E-state index contributed by atoms with van der Waals surface area (Å²) in [5, 5.41) is 3.44. The monoisotopic (exact) mass is 274 g/mol. The molecule has 1 aromatic carbocycles. The molecule has 1 aliphatic heterocycles. The highest BCUT2D eigenvalue weighted by Gasteiger charge is 2.11. The lowest BCUT2D eigenvalue weighted by molar-refractivity contribution is 0.217. The van der Waals surface area contributed by atoms with Crippen molar-refractivity contribution in [2.75, 3.05) is 39.3 Å². The summed E-state index contributed by atoms with van der Waals surface area (Å²) in [6.45, 7) is 6.45.